The molecule has 0 atom stereocenters. The van der Waals surface area contributed by atoms with Crippen LogP contribution in [0.3, 0.4) is 0 Å². The van der Waals surface area contributed by atoms with E-state index in [2.05, 4.69) is 54.4 Å². The molecule has 0 spiro atoms. The van der Waals surface area contributed by atoms with Gasteiger partial charge in [-0.05, 0) is 0 Å². The van der Waals surface area contributed by atoms with Crippen LogP contribution in [0.25, 0.3) is 0 Å². The molecule has 17 heavy (non-hydrogen) atoms. The number of hydrogen-bond acceptors (Lipinski definition) is 0. The molecule has 0 bridgehead atoms. The number of rotatable bonds is 3. The first kappa shape index (κ1) is 42.9. The summed E-state index contributed by atoms with van der Waals surface area (Å²) < 4.78 is 0. The van der Waals surface area contributed by atoms with Crippen molar-refractivity contribution in [1.29, 1.82) is 0 Å². The summed E-state index contributed by atoms with van der Waals surface area (Å²) in [7, 11) is 0. The van der Waals surface area contributed by atoms with E-state index in [0.717, 1.165) is 19.3 Å². The summed E-state index contributed by atoms with van der Waals surface area (Å²) in [5.74, 6) is 0. The number of unbranched alkanes of at least 4 members (excludes halogenated alkanes) is 3. The Morgan fingerprint density at radius 1 is 0.706 bits per heavy atom. The van der Waals surface area contributed by atoms with Crippen molar-refractivity contribution in [2.45, 2.75) is 59.3 Å². The average molecular weight is 417 g/mol. The average Bonchev–Trinajstić information content (AvgIpc) is 2.31. The van der Waals surface area contributed by atoms with Crippen LogP contribution >= 0.6 is 0 Å². The SMILES string of the molecule is C#C.[CH2]CCC.[CH2]CCC.[CH2]CCC.[Cl-].[Sn].[Zn]. The van der Waals surface area contributed by atoms with E-state index in [1.54, 1.807) is 0 Å². The summed E-state index contributed by atoms with van der Waals surface area (Å²) >= 11 is 0. The summed E-state index contributed by atoms with van der Waals surface area (Å²) in [6, 6.07) is 0. The second kappa shape index (κ2) is 86.5. The molecule has 0 aliphatic heterocycles. The summed E-state index contributed by atoms with van der Waals surface area (Å²) in [5, 5.41) is 0. The van der Waals surface area contributed by atoms with Crippen LogP contribution in [0.5, 0.6) is 0 Å². The van der Waals surface area contributed by atoms with Gasteiger partial charge in [0, 0.05) is 43.4 Å². The van der Waals surface area contributed by atoms with E-state index < -0.39 is 0 Å². The molecule has 0 unspecified atom stereocenters. The predicted octanol–water partition coefficient (Wildman–Crippen LogP) is 1.73. The number of terminal acetylenes is 1. The monoisotopic (exact) mass is 416 g/mol. The standard InChI is InChI=1S/3C4H9.C2H2.ClH.Sn.Zn/c3*1-3-4-2;1-2;;;/h3*1,3-4H2,2H3;1-2H;1H;;/p-1. The first-order valence-electron chi connectivity index (χ1n) is 5.45. The molecule has 0 aromatic rings. The van der Waals surface area contributed by atoms with E-state index in [9.17, 15) is 0 Å². The summed E-state index contributed by atoms with van der Waals surface area (Å²) in [6.45, 7) is 17.2. The molecule has 0 fully saturated rings. The molecular weight excluding hydrogens is 388 g/mol. The van der Waals surface area contributed by atoms with E-state index in [1.807, 2.05) is 0 Å². The van der Waals surface area contributed by atoms with Crippen LogP contribution in [-0.2, 0) is 19.5 Å². The smallest absolute Gasteiger partial charge is 0 e. The number of halogens is 1. The molecule has 7 radical (unpaired) electrons. The normalized spacial score (nSPS) is 5.41. The van der Waals surface area contributed by atoms with Gasteiger partial charge in [-0.3, -0.25) is 0 Å². The first-order valence-corrected chi connectivity index (χ1v) is 5.45. The zero-order valence-corrected chi connectivity index (χ0v) is 18.7. The van der Waals surface area contributed by atoms with Crippen molar-refractivity contribution in [3.63, 3.8) is 0 Å². The van der Waals surface area contributed by atoms with E-state index in [4.69, 9.17) is 0 Å². The largest absolute Gasteiger partial charge is 1.00 e. The van der Waals surface area contributed by atoms with Crippen LogP contribution in [-0.4, -0.2) is 23.9 Å². The van der Waals surface area contributed by atoms with Crippen molar-refractivity contribution in [3.8, 4) is 12.8 Å². The van der Waals surface area contributed by atoms with Gasteiger partial charge < -0.3 is 12.4 Å². The van der Waals surface area contributed by atoms with Crippen LogP contribution in [0.1, 0.15) is 59.3 Å². The zero-order valence-electron chi connectivity index (χ0n) is 12.1. The Morgan fingerprint density at radius 3 is 0.765 bits per heavy atom. The van der Waals surface area contributed by atoms with Gasteiger partial charge >= 0.3 is 0 Å². The second-order valence-corrected chi connectivity index (χ2v) is 2.56. The summed E-state index contributed by atoms with van der Waals surface area (Å²) in [6.07, 6.45) is 14.8. The van der Waals surface area contributed by atoms with Crippen molar-refractivity contribution in [2.24, 2.45) is 0 Å². The van der Waals surface area contributed by atoms with Crippen molar-refractivity contribution in [2.75, 3.05) is 0 Å². The molecule has 0 aromatic carbocycles. The molecule has 0 aromatic heterocycles. The zero-order chi connectivity index (χ0) is 12.2. The molecule has 0 aliphatic carbocycles. The Morgan fingerprint density at radius 2 is 0.765 bits per heavy atom. The molecule has 3 heteroatoms. The molecule has 0 heterocycles. The third-order valence-electron chi connectivity index (χ3n) is 1.06. The van der Waals surface area contributed by atoms with Gasteiger partial charge in [0.25, 0.3) is 0 Å². The molecule has 0 amide bonds. The van der Waals surface area contributed by atoms with Crippen molar-refractivity contribution in [3.05, 3.63) is 20.8 Å². The van der Waals surface area contributed by atoms with Gasteiger partial charge in [0.15, 0.2) is 0 Å². The first-order chi connectivity index (χ1) is 6.74. The maximum atomic E-state index is 4.00. The van der Waals surface area contributed by atoms with Crippen LogP contribution in [0.4, 0.5) is 0 Å². The third-order valence-corrected chi connectivity index (χ3v) is 1.06. The van der Waals surface area contributed by atoms with Crippen molar-refractivity contribution < 1.29 is 31.9 Å². The molecular formula is C14H29ClSnZn-. The van der Waals surface area contributed by atoms with Crippen molar-refractivity contribution >= 4 is 23.9 Å². The Bertz CT molecular complexity index is 53.0. The Labute approximate surface area is 148 Å². The molecule has 0 nitrogen and oxygen atoms in total. The van der Waals surface area contributed by atoms with E-state index in [0.29, 0.717) is 0 Å². The Hall–Kier alpha value is 1.27. The Kier molecular flexibility index (Phi) is 218. The molecule has 0 saturated carbocycles. The maximum Gasteiger partial charge on any atom is 0 e. The molecule has 0 aliphatic rings. The van der Waals surface area contributed by atoms with Gasteiger partial charge in [0.2, 0.25) is 0 Å². The number of hydrogen-bond donors (Lipinski definition) is 0. The van der Waals surface area contributed by atoms with Gasteiger partial charge in [-0.1, -0.05) is 80.1 Å². The van der Waals surface area contributed by atoms with Gasteiger partial charge in [-0.25, -0.2) is 0 Å². The van der Waals surface area contributed by atoms with Crippen LogP contribution in [0, 0.1) is 33.6 Å². The minimum Gasteiger partial charge on any atom is -1.00 e. The molecule has 0 N–H and O–H groups in total. The quantitative estimate of drug-likeness (QED) is 0.485. The topological polar surface area (TPSA) is 0 Å². The summed E-state index contributed by atoms with van der Waals surface area (Å²) in [5.41, 5.74) is 0. The van der Waals surface area contributed by atoms with Gasteiger partial charge in [0.1, 0.15) is 0 Å². The van der Waals surface area contributed by atoms with Gasteiger partial charge in [-0.2, -0.15) is 0 Å². The molecule has 0 saturated heterocycles. The fourth-order valence-electron chi connectivity index (χ4n) is 0. The third kappa shape index (κ3) is 221. The fraction of sp³-hybridized carbons (Fsp3) is 0.643. The Balaban J connectivity index is -0.0000000152. The van der Waals surface area contributed by atoms with Gasteiger partial charge in [0.05, 0.1) is 0 Å². The van der Waals surface area contributed by atoms with Gasteiger partial charge in [-0.15, -0.1) is 12.8 Å². The van der Waals surface area contributed by atoms with Crippen LogP contribution in [0.15, 0.2) is 0 Å². The van der Waals surface area contributed by atoms with E-state index in [1.165, 1.54) is 19.3 Å². The van der Waals surface area contributed by atoms with E-state index >= 15 is 0 Å². The summed E-state index contributed by atoms with van der Waals surface area (Å²) in [4.78, 5) is 0. The molecule has 0 rings (SSSR count). The minimum atomic E-state index is 0. The maximum absolute atomic E-state index is 4.00. The minimum absolute atomic E-state index is 0. The predicted molar refractivity (Wildman–Crippen MR) is 76.4 cm³/mol. The second-order valence-electron chi connectivity index (χ2n) is 2.56. The molecule has 99 valence electrons. The van der Waals surface area contributed by atoms with E-state index in [-0.39, 0.29) is 55.8 Å². The fourth-order valence-corrected chi connectivity index (χ4v) is 0. The van der Waals surface area contributed by atoms with Crippen molar-refractivity contribution in [1.82, 2.24) is 0 Å². The van der Waals surface area contributed by atoms with Crippen LogP contribution < -0.4 is 12.4 Å². The van der Waals surface area contributed by atoms with Crippen LogP contribution in [0.2, 0.25) is 0 Å².